The lowest BCUT2D eigenvalue weighted by molar-refractivity contribution is -0.921. The van der Waals surface area contributed by atoms with Crippen LogP contribution in [0.2, 0.25) is 5.02 Å². The van der Waals surface area contributed by atoms with Crippen LogP contribution in [-0.4, -0.2) is 29.0 Å². The zero-order valence-electron chi connectivity index (χ0n) is 14.6. The number of H-pyrrole nitrogens is 1. The molecule has 1 unspecified atom stereocenters. The number of likely N-dealkylation sites (tertiary alicyclic amines) is 1. The van der Waals surface area contributed by atoms with Crippen molar-refractivity contribution < 1.29 is 9.69 Å². The highest BCUT2D eigenvalue weighted by atomic mass is 35.5. The van der Waals surface area contributed by atoms with E-state index in [0.29, 0.717) is 34.2 Å². The van der Waals surface area contributed by atoms with Crippen LogP contribution in [0.15, 0.2) is 34.4 Å². The van der Waals surface area contributed by atoms with Gasteiger partial charge in [-0.2, -0.15) is 0 Å². The van der Waals surface area contributed by atoms with Crippen molar-refractivity contribution in [3.63, 3.8) is 0 Å². The van der Waals surface area contributed by atoms with Crippen LogP contribution in [-0.2, 0) is 11.3 Å². The Hall–Kier alpha value is -2.22. The standard InChI is InChI=1S/C19H19ClN4O2S/c20-14-6-2-1-5-12(14)13-10-27-19-16(13)18(26)22-15(23-19)9-24-7-3-4-11(8-24)17(21)25/h1-2,5-6,10-11H,3-4,7-9H2,(H2,21,25)(H,22,23,26)/p+1/t11-/m1/s1. The van der Waals surface area contributed by atoms with E-state index in [1.165, 1.54) is 16.2 Å². The molecule has 4 rings (SSSR count). The topological polar surface area (TPSA) is 93.3 Å². The zero-order chi connectivity index (χ0) is 19.0. The van der Waals surface area contributed by atoms with E-state index in [1.54, 1.807) is 0 Å². The van der Waals surface area contributed by atoms with E-state index in [4.69, 9.17) is 17.3 Å². The average molecular weight is 404 g/mol. The number of benzene rings is 1. The third kappa shape index (κ3) is 3.63. The second-order valence-electron chi connectivity index (χ2n) is 6.94. The Kier molecular flexibility index (Phi) is 4.99. The Morgan fingerprint density at radius 3 is 2.96 bits per heavy atom. The summed E-state index contributed by atoms with van der Waals surface area (Å²) in [5, 5.41) is 3.10. The van der Waals surface area contributed by atoms with Crippen molar-refractivity contribution in [2.24, 2.45) is 11.7 Å². The first kappa shape index (κ1) is 18.2. The van der Waals surface area contributed by atoms with Crippen molar-refractivity contribution in [3.8, 4) is 11.1 Å². The van der Waals surface area contributed by atoms with Crippen LogP contribution >= 0.6 is 22.9 Å². The van der Waals surface area contributed by atoms with Gasteiger partial charge in [0.15, 0.2) is 5.82 Å². The van der Waals surface area contributed by atoms with E-state index in [1.807, 2.05) is 29.6 Å². The van der Waals surface area contributed by atoms with Crippen LogP contribution in [0, 0.1) is 5.92 Å². The summed E-state index contributed by atoms with van der Waals surface area (Å²) in [5.41, 5.74) is 6.93. The van der Waals surface area contributed by atoms with Crippen LogP contribution in [0.4, 0.5) is 0 Å². The second-order valence-corrected chi connectivity index (χ2v) is 8.21. The van der Waals surface area contributed by atoms with Crippen LogP contribution in [0.1, 0.15) is 18.7 Å². The summed E-state index contributed by atoms with van der Waals surface area (Å²) in [5.74, 6) is 0.296. The van der Waals surface area contributed by atoms with Gasteiger partial charge in [-0.15, -0.1) is 11.3 Å². The highest BCUT2D eigenvalue weighted by Gasteiger charge is 2.27. The molecule has 0 bridgehead atoms. The molecule has 6 nitrogen and oxygen atoms in total. The summed E-state index contributed by atoms with van der Waals surface area (Å²) in [4.78, 5) is 33.7. The molecule has 3 heterocycles. The average Bonchev–Trinajstić information content (AvgIpc) is 3.06. The third-order valence-electron chi connectivity index (χ3n) is 5.09. The quantitative estimate of drug-likeness (QED) is 0.617. The number of amides is 1. The Bertz CT molecular complexity index is 1060. The number of aromatic amines is 1. The first-order chi connectivity index (χ1) is 13.0. The van der Waals surface area contributed by atoms with Crippen LogP contribution in [0.25, 0.3) is 21.3 Å². The molecular formula is C19H20ClN4O2S+. The summed E-state index contributed by atoms with van der Waals surface area (Å²) in [6.07, 6.45) is 1.79. The van der Waals surface area contributed by atoms with Gasteiger partial charge in [0.25, 0.3) is 5.56 Å². The monoisotopic (exact) mass is 403 g/mol. The molecule has 8 heteroatoms. The second kappa shape index (κ2) is 7.42. The molecule has 140 valence electrons. The van der Waals surface area contributed by atoms with Gasteiger partial charge in [0.05, 0.1) is 24.4 Å². The van der Waals surface area contributed by atoms with Crippen molar-refractivity contribution in [1.29, 1.82) is 0 Å². The molecule has 0 saturated carbocycles. The highest BCUT2D eigenvalue weighted by molar-refractivity contribution is 7.17. The number of quaternary nitrogens is 1. The van der Waals surface area contributed by atoms with Crippen molar-refractivity contribution >= 4 is 39.1 Å². The third-order valence-corrected chi connectivity index (χ3v) is 6.30. The molecule has 2 aromatic heterocycles. The number of carbonyl (C=O) groups excluding carboxylic acids is 1. The van der Waals surface area contributed by atoms with E-state index in [-0.39, 0.29) is 17.4 Å². The minimum Gasteiger partial charge on any atom is -0.369 e. The number of fused-ring (bicyclic) bond motifs is 1. The smallest absolute Gasteiger partial charge is 0.260 e. The van der Waals surface area contributed by atoms with Gasteiger partial charge in [-0.25, -0.2) is 4.98 Å². The lowest BCUT2D eigenvalue weighted by atomic mass is 9.97. The molecule has 4 N–H and O–H groups in total. The molecule has 1 fully saturated rings. The van der Waals surface area contributed by atoms with Crippen molar-refractivity contribution in [3.05, 3.63) is 50.8 Å². The molecule has 1 saturated heterocycles. The van der Waals surface area contributed by atoms with Gasteiger partial charge in [-0.3, -0.25) is 9.59 Å². The number of thiophene rings is 1. The predicted molar refractivity (Wildman–Crippen MR) is 107 cm³/mol. The fourth-order valence-electron chi connectivity index (χ4n) is 3.75. The molecule has 1 amide bonds. The maximum atomic E-state index is 12.8. The minimum atomic E-state index is -0.244. The summed E-state index contributed by atoms with van der Waals surface area (Å²) < 4.78 is 0. The zero-order valence-corrected chi connectivity index (χ0v) is 16.2. The SMILES string of the molecule is NC(=O)[C@@H]1CCC[NH+](Cc2nc3scc(-c4ccccc4Cl)c3c(=O)[nH]2)C1. The van der Waals surface area contributed by atoms with Crippen molar-refractivity contribution in [2.45, 2.75) is 19.4 Å². The van der Waals surface area contributed by atoms with E-state index in [0.717, 1.165) is 30.5 Å². The van der Waals surface area contributed by atoms with Gasteiger partial charge in [0, 0.05) is 21.5 Å². The van der Waals surface area contributed by atoms with Gasteiger partial charge in [-0.1, -0.05) is 29.8 Å². The largest absolute Gasteiger partial charge is 0.369 e. The number of carbonyl (C=O) groups is 1. The number of piperidine rings is 1. The van der Waals surface area contributed by atoms with Gasteiger partial charge in [0.1, 0.15) is 11.4 Å². The maximum absolute atomic E-state index is 12.8. The summed E-state index contributed by atoms with van der Waals surface area (Å²) in [6.45, 7) is 2.21. The summed E-state index contributed by atoms with van der Waals surface area (Å²) in [7, 11) is 0. The fraction of sp³-hybridized carbons (Fsp3) is 0.316. The number of nitrogens with zero attached hydrogens (tertiary/aromatic N) is 1. The number of aromatic nitrogens is 2. The Labute approximate surface area is 165 Å². The first-order valence-corrected chi connectivity index (χ1v) is 10.2. The maximum Gasteiger partial charge on any atom is 0.260 e. The predicted octanol–water partition coefficient (Wildman–Crippen LogP) is 1.59. The number of primary amides is 1. The number of nitrogens with two attached hydrogens (primary N) is 1. The molecule has 0 radical (unpaired) electrons. The Morgan fingerprint density at radius 2 is 2.19 bits per heavy atom. The highest BCUT2D eigenvalue weighted by Crippen LogP contribution is 2.34. The normalized spacial score (nSPS) is 20.0. The Morgan fingerprint density at radius 1 is 1.37 bits per heavy atom. The van der Waals surface area contributed by atoms with E-state index in [2.05, 4.69) is 9.97 Å². The summed E-state index contributed by atoms with van der Waals surface area (Å²) in [6, 6.07) is 7.47. The van der Waals surface area contributed by atoms with Gasteiger partial charge in [-0.05, 0) is 18.9 Å². The lowest BCUT2D eigenvalue weighted by Crippen LogP contribution is -3.12. The van der Waals surface area contributed by atoms with E-state index < -0.39 is 0 Å². The lowest BCUT2D eigenvalue weighted by Gasteiger charge is -2.27. The van der Waals surface area contributed by atoms with Crippen LogP contribution in [0.5, 0.6) is 0 Å². The van der Waals surface area contributed by atoms with Crippen LogP contribution < -0.4 is 16.2 Å². The number of nitrogens with one attached hydrogen (secondary N) is 2. The van der Waals surface area contributed by atoms with Crippen molar-refractivity contribution in [1.82, 2.24) is 9.97 Å². The van der Waals surface area contributed by atoms with E-state index >= 15 is 0 Å². The molecule has 27 heavy (non-hydrogen) atoms. The van der Waals surface area contributed by atoms with Crippen molar-refractivity contribution in [2.75, 3.05) is 13.1 Å². The molecule has 0 spiro atoms. The van der Waals surface area contributed by atoms with Crippen LogP contribution in [0.3, 0.4) is 0 Å². The molecule has 3 aromatic rings. The first-order valence-electron chi connectivity index (χ1n) is 8.91. The molecule has 2 atom stereocenters. The van der Waals surface area contributed by atoms with Gasteiger partial charge < -0.3 is 15.6 Å². The molecule has 1 aromatic carbocycles. The minimum absolute atomic E-state index is 0.0993. The number of rotatable bonds is 4. The Balaban J connectivity index is 1.65. The van der Waals surface area contributed by atoms with Gasteiger partial charge >= 0.3 is 0 Å². The number of halogens is 1. The summed E-state index contributed by atoms with van der Waals surface area (Å²) >= 11 is 7.74. The number of hydrogen-bond acceptors (Lipinski definition) is 4. The molecular weight excluding hydrogens is 384 g/mol. The van der Waals surface area contributed by atoms with Gasteiger partial charge in [0.2, 0.25) is 5.91 Å². The fourth-order valence-corrected chi connectivity index (χ4v) is 4.94. The van der Waals surface area contributed by atoms with E-state index in [9.17, 15) is 9.59 Å². The molecule has 0 aliphatic carbocycles. The number of hydrogen-bond donors (Lipinski definition) is 3. The molecule has 1 aliphatic rings. The molecule has 1 aliphatic heterocycles.